The van der Waals surface area contributed by atoms with Crippen molar-refractivity contribution in [3.05, 3.63) is 29.8 Å². The molecular formula is C17H27NO3S. The van der Waals surface area contributed by atoms with Gasteiger partial charge in [0.1, 0.15) is 6.23 Å². The SMILES string of the molecule is CCC[C@H]1CCC[C@H](OCC)N1S(=O)(=O)c1ccc(C)cc1. The Kier molecular flexibility index (Phi) is 6.01. The second-order valence-corrected chi connectivity index (χ2v) is 7.77. The highest BCUT2D eigenvalue weighted by Gasteiger charge is 2.39. The zero-order valence-electron chi connectivity index (χ0n) is 13.8. The van der Waals surface area contributed by atoms with E-state index in [1.165, 1.54) is 0 Å². The molecule has 22 heavy (non-hydrogen) atoms. The number of benzene rings is 1. The predicted octanol–water partition coefficient (Wildman–Crippen LogP) is 3.70. The van der Waals surface area contributed by atoms with Gasteiger partial charge in [0.15, 0.2) is 0 Å². The maximum atomic E-state index is 13.1. The number of sulfonamides is 1. The quantitative estimate of drug-likeness (QED) is 0.801. The van der Waals surface area contributed by atoms with Crippen LogP contribution in [0.5, 0.6) is 0 Å². The van der Waals surface area contributed by atoms with Crippen molar-refractivity contribution in [3.63, 3.8) is 0 Å². The lowest BCUT2D eigenvalue weighted by molar-refractivity contribution is -0.0546. The van der Waals surface area contributed by atoms with E-state index in [0.717, 1.165) is 37.7 Å². The van der Waals surface area contributed by atoms with Crippen molar-refractivity contribution >= 4 is 10.0 Å². The van der Waals surface area contributed by atoms with E-state index in [0.29, 0.717) is 11.5 Å². The summed E-state index contributed by atoms with van der Waals surface area (Å²) in [5.41, 5.74) is 1.06. The summed E-state index contributed by atoms with van der Waals surface area (Å²) in [6, 6.07) is 7.14. The Morgan fingerprint density at radius 1 is 1.18 bits per heavy atom. The predicted molar refractivity (Wildman–Crippen MR) is 88.2 cm³/mol. The second-order valence-electron chi connectivity index (χ2n) is 5.93. The Hall–Kier alpha value is -0.910. The highest BCUT2D eigenvalue weighted by atomic mass is 32.2. The number of nitrogens with zero attached hydrogens (tertiary/aromatic N) is 1. The molecular weight excluding hydrogens is 298 g/mol. The molecule has 1 aromatic rings. The van der Waals surface area contributed by atoms with Gasteiger partial charge in [0, 0.05) is 12.6 Å². The lowest BCUT2D eigenvalue weighted by Crippen LogP contribution is -2.51. The molecule has 124 valence electrons. The number of rotatable bonds is 6. The van der Waals surface area contributed by atoms with Crippen LogP contribution >= 0.6 is 0 Å². The lowest BCUT2D eigenvalue weighted by Gasteiger charge is -2.40. The van der Waals surface area contributed by atoms with Gasteiger partial charge >= 0.3 is 0 Å². The fraction of sp³-hybridized carbons (Fsp3) is 0.647. The summed E-state index contributed by atoms with van der Waals surface area (Å²) in [5.74, 6) is 0. The van der Waals surface area contributed by atoms with E-state index >= 15 is 0 Å². The molecule has 1 fully saturated rings. The molecule has 5 heteroatoms. The average Bonchev–Trinajstić information content (AvgIpc) is 2.48. The van der Waals surface area contributed by atoms with Gasteiger partial charge in [0.05, 0.1) is 4.90 Å². The minimum absolute atomic E-state index is 0.0432. The molecule has 1 saturated heterocycles. The van der Waals surface area contributed by atoms with Gasteiger partial charge in [-0.2, -0.15) is 4.31 Å². The fourth-order valence-electron chi connectivity index (χ4n) is 3.15. The summed E-state index contributed by atoms with van der Waals surface area (Å²) in [5, 5.41) is 0. The first kappa shape index (κ1) is 17.4. The van der Waals surface area contributed by atoms with E-state index in [2.05, 4.69) is 6.92 Å². The van der Waals surface area contributed by atoms with E-state index in [4.69, 9.17) is 4.74 Å². The largest absolute Gasteiger partial charge is 0.362 e. The zero-order chi connectivity index (χ0) is 16.2. The topological polar surface area (TPSA) is 46.6 Å². The van der Waals surface area contributed by atoms with Gasteiger partial charge < -0.3 is 4.74 Å². The minimum Gasteiger partial charge on any atom is -0.362 e. The van der Waals surface area contributed by atoms with Crippen molar-refractivity contribution in [2.45, 2.75) is 70.0 Å². The third kappa shape index (κ3) is 3.70. The molecule has 0 spiro atoms. The first-order valence-corrected chi connectivity index (χ1v) is 9.66. The Morgan fingerprint density at radius 2 is 1.86 bits per heavy atom. The van der Waals surface area contributed by atoms with Crippen LogP contribution in [0.2, 0.25) is 0 Å². The van der Waals surface area contributed by atoms with Crippen molar-refractivity contribution in [2.75, 3.05) is 6.61 Å². The van der Waals surface area contributed by atoms with Gasteiger partial charge in [-0.3, -0.25) is 0 Å². The number of piperidine rings is 1. The van der Waals surface area contributed by atoms with Crippen molar-refractivity contribution in [1.29, 1.82) is 0 Å². The average molecular weight is 325 g/mol. The number of hydrogen-bond acceptors (Lipinski definition) is 3. The van der Waals surface area contributed by atoms with Crippen LogP contribution in [0.1, 0.15) is 51.5 Å². The van der Waals surface area contributed by atoms with Gasteiger partial charge in [-0.1, -0.05) is 31.0 Å². The fourth-order valence-corrected chi connectivity index (χ4v) is 4.96. The van der Waals surface area contributed by atoms with Crippen LogP contribution in [-0.2, 0) is 14.8 Å². The van der Waals surface area contributed by atoms with Crippen LogP contribution < -0.4 is 0 Å². The van der Waals surface area contributed by atoms with Crippen LogP contribution in [0.3, 0.4) is 0 Å². The van der Waals surface area contributed by atoms with E-state index < -0.39 is 10.0 Å². The summed E-state index contributed by atoms with van der Waals surface area (Å²) >= 11 is 0. The summed E-state index contributed by atoms with van der Waals surface area (Å²) in [7, 11) is -3.51. The monoisotopic (exact) mass is 325 g/mol. The molecule has 0 saturated carbocycles. The Bertz CT molecular complexity index is 550. The van der Waals surface area contributed by atoms with Gasteiger partial charge in [-0.05, 0) is 51.7 Å². The summed E-state index contributed by atoms with van der Waals surface area (Å²) in [6.07, 6.45) is 4.25. The van der Waals surface area contributed by atoms with Crippen molar-refractivity contribution in [2.24, 2.45) is 0 Å². The number of hydrogen-bond donors (Lipinski definition) is 0. The molecule has 2 atom stereocenters. The molecule has 0 aliphatic carbocycles. The molecule has 0 unspecified atom stereocenters. The van der Waals surface area contributed by atoms with Gasteiger partial charge in [0.25, 0.3) is 0 Å². The van der Waals surface area contributed by atoms with E-state index in [1.807, 2.05) is 26.0 Å². The highest BCUT2D eigenvalue weighted by Crippen LogP contribution is 2.32. The van der Waals surface area contributed by atoms with E-state index in [-0.39, 0.29) is 12.3 Å². The van der Waals surface area contributed by atoms with Gasteiger partial charge in [0.2, 0.25) is 10.0 Å². The van der Waals surface area contributed by atoms with Crippen LogP contribution in [0, 0.1) is 6.92 Å². The van der Waals surface area contributed by atoms with E-state index in [1.54, 1.807) is 16.4 Å². The second kappa shape index (κ2) is 7.57. The number of ether oxygens (including phenoxy) is 1. The van der Waals surface area contributed by atoms with E-state index in [9.17, 15) is 8.42 Å². The third-order valence-electron chi connectivity index (χ3n) is 4.21. The van der Waals surface area contributed by atoms with Crippen LogP contribution in [-0.4, -0.2) is 31.6 Å². The summed E-state index contributed by atoms with van der Waals surface area (Å²) in [6.45, 7) is 6.50. The summed E-state index contributed by atoms with van der Waals surface area (Å²) in [4.78, 5) is 0.366. The van der Waals surface area contributed by atoms with Gasteiger partial charge in [-0.15, -0.1) is 0 Å². The molecule has 0 radical (unpaired) electrons. The molecule has 0 bridgehead atoms. The molecule has 1 aliphatic heterocycles. The standard InChI is InChI=1S/C17H27NO3S/c1-4-7-15-8-6-9-17(21-5-2)18(15)22(19,20)16-12-10-14(3)11-13-16/h10-13,15,17H,4-9H2,1-3H3/t15-,17-/m0/s1. The third-order valence-corrected chi connectivity index (χ3v) is 6.17. The molecule has 1 aromatic carbocycles. The first-order chi connectivity index (χ1) is 10.5. The summed E-state index contributed by atoms with van der Waals surface area (Å²) < 4.78 is 33.6. The molecule has 1 heterocycles. The smallest absolute Gasteiger partial charge is 0.245 e. The normalized spacial score (nSPS) is 23.6. The number of aryl methyl sites for hydroxylation is 1. The highest BCUT2D eigenvalue weighted by molar-refractivity contribution is 7.89. The lowest BCUT2D eigenvalue weighted by atomic mass is 10.00. The Balaban J connectivity index is 2.38. The Morgan fingerprint density at radius 3 is 2.45 bits per heavy atom. The molecule has 2 rings (SSSR count). The Labute approximate surface area is 134 Å². The van der Waals surface area contributed by atoms with Crippen molar-refractivity contribution in [1.82, 2.24) is 4.31 Å². The zero-order valence-corrected chi connectivity index (χ0v) is 14.6. The van der Waals surface area contributed by atoms with Crippen molar-refractivity contribution in [3.8, 4) is 0 Å². The van der Waals surface area contributed by atoms with Crippen molar-refractivity contribution < 1.29 is 13.2 Å². The molecule has 4 nitrogen and oxygen atoms in total. The van der Waals surface area contributed by atoms with Crippen LogP contribution in [0.4, 0.5) is 0 Å². The molecule has 0 aromatic heterocycles. The molecule has 0 amide bonds. The first-order valence-electron chi connectivity index (χ1n) is 8.22. The van der Waals surface area contributed by atoms with Crippen LogP contribution in [0.25, 0.3) is 0 Å². The van der Waals surface area contributed by atoms with Gasteiger partial charge in [-0.25, -0.2) is 8.42 Å². The maximum Gasteiger partial charge on any atom is 0.245 e. The minimum atomic E-state index is -3.51. The maximum absolute atomic E-state index is 13.1. The molecule has 0 N–H and O–H groups in total. The van der Waals surface area contributed by atoms with Crippen LogP contribution in [0.15, 0.2) is 29.2 Å². The molecule has 1 aliphatic rings.